The molecule has 1 aromatic heterocycles. The summed E-state index contributed by atoms with van der Waals surface area (Å²) in [6.45, 7) is 0. The Morgan fingerprint density at radius 1 is 1.36 bits per heavy atom. The van der Waals surface area contributed by atoms with E-state index in [9.17, 15) is 13.2 Å². The molecule has 0 unspecified atom stereocenters. The van der Waals surface area contributed by atoms with Crippen LogP contribution in [-0.4, -0.2) is 10.2 Å². The van der Waals surface area contributed by atoms with Crippen LogP contribution < -0.4 is 0 Å². The zero-order chi connectivity index (χ0) is 8.48. The topological polar surface area (TPSA) is 25.8 Å². The third-order valence-corrected chi connectivity index (χ3v) is 1.50. The average molecular weight is 274 g/mol. The summed E-state index contributed by atoms with van der Waals surface area (Å²) in [7, 11) is 0. The Bertz CT molecular complexity index is 260. The first-order chi connectivity index (χ1) is 5.00. The van der Waals surface area contributed by atoms with E-state index in [1.165, 1.54) is 6.20 Å². The van der Waals surface area contributed by atoms with Crippen LogP contribution >= 0.6 is 22.6 Å². The van der Waals surface area contributed by atoms with Crippen molar-refractivity contribution in [2.24, 2.45) is 0 Å². The Morgan fingerprint density at radius 3 is 2.36 bits per heavy atom. The van der Waals surface area contributed by atoms with E-state index in [2.05, 4.69) is 10.2 Å². The molecule has 60 valence electrons. The standard InChI is InChI=1S/C5H2F3IN2/c6-5(7,8)4-1-3(9)2-10-11-4/h1-2H. The molecular formula is C5H2F3IN2. The van der Waals surface area contributed by atoms with Gasteiger partial charge < -0.3 is 0 Å². The molecule has 6 heteroatoms. The zero-order valence-electron chi connectivity index (χ0n) is 5.06. The van der Waals surface area contributed by atoms with E-state index in [4.69, 9.17) is 0 Å². The summed E-state index contributed by atoms with van der Waals surface area (Å²) < 4.78 is 36.0. The highest BCUT2D eigenvalue weighted by Crippen LogP contribution is 2.27. The van der Waals surface area contributed by atoms with Crippen LogP contribution in [0.2, 0.25) is 0 Å². The van der Waals surface area contributed by atoms with Crippen LogP contribution in [0.5, 0.6) is 0 Å². The average Bonchev–Trinajstić information content (AvgIpc) is 1.86. The van der Waals surface area contributed by atoms with Gasteiger partial charge in [-0.15, -0.1) is 5.10 Å². The van der Waals surface area contributed by atoms with Gasteiger partial charge in [-0.2, -0.15) is 18.3 Å². The summed E-state index contributed by atoms with van der Waals surface area (Å²) in [6.07, 6.45) is -3.13. The SMILES string of the molecule is FC(F)(F)c1cc(I)cnn1. The molecule has 0 aromatic carbocycles. The normalized spacial score (nSPS) is 11.6. The van der Waals surface area contributed by atoms with Gasteiger partial charge in [0.2, 0.25) is 0 Å². The van der Waals surface area contributed by atoms with Crippen molar-refractivity contribution in [2.45, 2.75) is 6.18 Å². The summed E-state index contributed by atoms with van der Waals surface area (Å²) in [6, 6.07) is 0.938. The molecule has 0 N–H and O–H groups in total. The fourth-order valence-corrected chi connectivity index (χ4v) is 0.901. The molecule has 0 atom stereocenters. The molecule has 1 aromatic rings. The second kappa shape index (κ2) is 2.92. The number of hydrogen-bond donors (Lipinski definition) is 0. The first-order valence-electron chi connectivity index (χ1n) is 2.55. The molecule has 1 heterocycles. The Morgan fingerprint density at radius 2 is 2.00 bits per heavy atom. The highest BCUT2D eigenvalue weighted by Gasteiger charge is 2.32. The Kier molecular flexibility index (Phi) is 2.31. The van der Waals surface area contributed by atoms with Gasteiger partial charge in [-0.05, 0) is 28.7 Å². The van der Waals surface area contributed by atoms with Crippen LogP contribution in [-0.2, 0) is 6.18 Å². The third-order valence-electron chi connectivity index (χ3n) is 0.912. The van der Waals surface area contributed by atoms with Crippen LogP contribution in [0.4, 0.5) is 13.2 Å². The molecule has 0 fully saturated rings. The molecule has 0 aliphatic rings. The smallest absolute Gasteiger partial charge is 0.164 e. The van der Waals surface area contributed by atoms with Crippen LogP contribution in [0.1, 0.15) is 5.69 Å². The van der Waals surface area contributed by atoms with E-state index in [1.54, 1.807) is 22.6 Å². The fraction of sp³-hybridized carbons (Fsp3) is 0.200. The van der Waals surface area contributed by atoms with E-state index < -0.39 is 11.9 Å². The molecule has 0 radical (unpaired) electrons. The van der Waals surface area contributed by atoms with Gasteiger partial charge in [-0.25, -0.2) is 0 Å². The first kappa shape index (κ1) is 8.69. The van der Waals surface area contributed by atoms with Crippen molar-refractivity contribution in [2.75, 3.05) is 0 Å². The van der Waals surface area contributed by atoms with Crippen molar-refractivity contribution in [1.82, 2.24) is 10.2 Å². The lowest BCUT2D eigenvalue weighted by Crippen LogP contribution is -2.08. The van der Waals surface area contributed by atoms with Gasteiger partial charge in [0, 0.05) is 3.57 Å². The van der Waals surface area contributed by atoms with Crippen molar-refractivity contribution in [1.29, 1.82) is 0 Å². The Balaban J connectivity index is 3.06. The summed E-state index contributed by atoms with van der Waals surface area (Å²) in [5.41, 5.74) is -0.954. The van der Waals surface area contributed by atoms with E-state index in [1.807, 2.05) is 0 Å². The minimum absolute atomic E-state index is 0.421. The predicted molar refractivity (Wildman–Crippen MR) is 39.8 cm³/mol. The van der Waals surface area contributed by atoms with E-state index in [0.717, 1.165) is 6.07 Å². The third kappa shape index (κ3) is 2.28. The van der Waals surface area contributed by atoms with Gasteiger partial charge in [0.15, 0.2) is 5.69 Å². The summed E-state index contributed by atoms with van der Waals surface area (Å²) in [5.74, 6) is 0. The van der Waals surface area contributed by atoms with Gasteiger partial charge in [-0.1, -0.05) is 0 Å². The largest absolute Gasteiger partial charge is 0.435 e. The molecule has 1 rings (SSSR count). The molecule has 0 bridgehead atoms. The van der Waals surface area contributed by atoms with Gasteiger partial charge in [0.1, 0.15) is 0 Å². The Labute approximate surface area is 74.0 Å². The van der Waals surface area contributed by atoms with E-state index in [-0.39, 0.29) is 0 Å². The first-order valence-corrected chi connectivity index (χ1v) is 3.63. The molecule has 0 aliphatic carbocycles. The lowest BCUT2D eigenvalue weighted by Gasteiger charge is -2.02. The molecule has 0 saturated carbocycles. The maximum Gasteiger partial charge on any atom is 0.435 e. The summed E-state index contributed by atoms with van der Waals surface area (Å²) in [4.78, 5) is 0. The van der Waals surface area contributed by atoms with Gasteiger partial charge in [0.25, 0.3) is 0 Å². The highest BCUT2D eigenvalue weighted by atomic mass is 127. The number of alkyl halides is 3. The molecule has 0 amide bonds. The van der Waals surface area contributed by atoms with Crippen LogP contribution in [0.15, 0.2) is 12.3 Å². The predicted octanol–water partition coefficient (Wildman–Crippen LogP) is 2.10. The highest BCUT2D eigenvalue weighted by molar-refractivity contribution is 14.1. The van der Waals surface area contributed by atoms with Gasteiger partial charge in [-0.3, -0.25) is 0 Å². The van der Waals surface area contributed by atoms with Crippen molar-refractivity contribution >= 4 is 22.6 Å². The minimum atomic E-state index is -4.39. The van der Waals surface area contributed by atoms with Gasteiger partial charge in [0.05, 0.1) is 6.20 Å². The molecule has 2 nitrogen and oxygen atoms in total. The van der Waals surface area contributed by atoms with E-state index in [0.29, 0.717) is 3.57 Å². The molecular weight excluding hydrogens is 272 g/mol. The fourth-order valence-electron chi connectivity index (χ4n) is 0.481. The zero-order valence-corrected chi connectivity index (χ0v) is 7.22. The molecule has 11 heavy (non-hydrogen) atoms. The number of aromatic nitrogens is 2. The molecule has 0 spiro atoms. The van der Waals surface area contributed by atoms with Crippen LogP contribution in [0.25, 0.3) is 0 Å². The maximum absolute atomic E-state index is 11.9. The number of halogens is 4. The quantitative estimate of drug-likeness (QED) is 0.677. The van der Waals surface area contributed by atoms with E-state index >= 15 is 0 Å². The Hall–Kier alpha value is -0.400. The molecule has 0 saturated heterocycles. The number of hydrogen-bond acceptors (Lipinski definition) is 2. The van der Waals surface area contributed by atoms with Crippen molar-refractivity contribution in [3.05, 3.63) is 21.5 Å². The van der Waals surface area contributed by atoms with Crippen molar-refractivity contribution in [3.8, 4) is 0 Å². The van der Waals surface area contributed by atoms with Gasteiger partial charge >= 0.3 is 6.18 Å². The second-order valence-electron chi connectivity index (χ2n) is 1.76. The summed E-state index contributed by atoms with van der Waals surface area (Å²) in [5, 5.41) is 6.10. The summed E-state index contributed by atoms with van der Waals surface area (Å²) >= 11 is 1.74. The monoisotopic (exact) mass is 274 g/mol. The second-order valence-corrected chi connectivity index (χ2v) is 3.00. The number of rotatable bonds is 0. The van der Waals surface area contributed by atoms with Crippen molar-refractivity contribution in [3.63, 3.8) is 0 Å². The number of nitrogens with zero attached hydrogens (tertiary/aromatic N) is 2. The minimum Gasteiger partial charge on any atom is -0.164 e. The van der Waals surface area contributed by atoms with Crippen LogP contribution in [0.3, 0.4) is 0 Å². The van der Waals surface area contributed by atoms with Crippen molar-refractivity contribution < 1.29 is 13.2 Å². The lowest BCUT2D eigenvalue weighted by molar-refractivity contribution is -0.141. The maximum atomic E-state index is 11.9. The lowest BCUT2D eigenvalue weighted by atomic mass is 10.4. The van der Waals surface area contributed by atoms with Crippen LogP contribution in [0, 0.1) is 3.57 Å². The molecule has 0 aliphatic heterocycles.